The van der Waals surface area contributed by atoms with E-state index < -0.39 is 0 Å². The van der Waals surface area contributed by atoms with Gasteiger partial charge in [-0.3, -0.25) is 4.79 Å². The van der Waals surface area contributed by atoms with E-state index in [2.05, 4.69) is 36.7 Å². The number of nitrogens with one attached hydrogen (secondary N) is 1. The minimum Gasteiger partial charge on any atom is -0.352 e. The second-order valence-electron chi connectivity index (χ2n) is 7.23. The zero-order valence-corrected chi connectivity index (χ0v) is 16.2. The Balaban J connectivity index is 0.00000208. The highest BCUT2D eigenvalue weighted by molar-refractivity contribution is 7.98. The fourth-order valence-corrected chi connectivity index (χ4v) is 5.03. The minimum absolute atomic E-state index is 0. The molecule has 0 aromatic heterocycles. The molecule has 2 aliphatic carbocycles. The third-order valence-corrected chi connectivity index (χ3v) is 6.50. The molecule has 24 heavy (non-hydrogen) atoms. The molecule has 0 saturated heterocycles. The van der Waals surface area contributed by atoms with Crippen LogP contribution >= 0.6 is 24.2 Å². The molecule has 2 aliphatic rings. The summed E-state index contributed by atoms with van der Waals surface area (Å²) < 4.78 is 0. The molecule has 2 atom stereocenters. The highest BCUT2D eigenvalue weighted by Gasteiger charge is 2.40. The molecule has 1 amide bonds. The fourth-order valence-electron chi connectivity index (χ4n) is 4.33. The van der Waals surface area contributed by atoms with Gasteiger partial charge in [0.1, 0.15) is 0 Å². The Labute approximate surface area is 155 Å². The molecule has 1 aromatic carbocycles. The van der Waals surface area contributed by atoms with Gasteiger partial charge in [0.25, 0.3) is 0 Å². The van der Waals surface area contributed by atoms with Crippen LogP contribution in [-0.4, -0.2) is 18.2 Å². The maximum absolute atomic E-state index is 12.6. The normalized spacial score (nSPS) is 28.8. The summed E-state index contributed by atoms with van der Waals surface area (Å²) in [4.78, 5) is 13.9. The topological polar surface area (TPSA) is 55.1 Å². The maximum atomic E-state index is 12.6. The lowest BCUT2D eigenvalue weighted by atomic mass is 9.65. The molecule has 3 N–H and O–H groups in total. The quantitative estimate of drug-likeness (QED) is 0.792. The molecule has 2 saturated carbocycles. The number of fused-ring (bicyclic) bond motifs is 2. The third kappa shape index (κ3) is 4.27. The van der Waals surface area contributed by atoms with E-state index in [9.17, 15) is 4.79 Å². The lowest BCUT2D eigenvalue weighted by molar-refractivity contribution is -0.128. The first-order chi connectivity index (χ1) is 11.1. The van der Waals surface area contributed by atoms with Gasteiger partial charge in [-0.2, -0.15) is 0 Å². The van der Waals surface area contributed by atoms with Crippen LogP contribution in [0.15, 0.2) is 23.1 Å². The van der Waals surface area contributed by atoms with Gasteiger partial charge in [0, 0.05) is 23.4 Å². The Morgan fingerprint density at radius 2 is 1.96 bits per heavy atom. The van der Waals surface area contributed by atoms with E-state index in [0.29, 0.717) is 24.4 Å². The van der Waals surface area contributed by atoms with Crippen molar-refractivity contribution < 1.29 is 4.79 Å². The van der Waals surface area contributed by atoms with E-state index in [1.807, 2.05) is 0 Å². The number of aryl methyl sites for hydroxylation is 1. The molecule has 0 heterocycles. The predicted octanol–water partition coefficient (Wildman–Crippen LogP) is 3.91. The number of hydrogen-bond acceptors (Lipinski definition) is 3. The van der Waals surface area contributed by atoms with Crippen molar-refractivity contribution in [2.75, 3.05) is 6.26 Å². The molecule has 134 valence electrons. The van der Waals surface area contributed by atoms with Crippen molar-refractivity contribution in [3.05, 3.63) is 29.3 Å². The molecule has 0 radical (unpaired) electrons. The van der Waals surface area contributed by atoms with Crippen LogP contribution in [0.3, 0.4) is 0 Å². The van der Waals surface area contributed by atoms with Gasteiger partial charge < -0.3 is 11.1 Å². The van der Waals surface area contributed by atoms with Crippen molar-refractivity contribution in [1.82, 2.24) is 5.32 Å². The Hall–Kier alpha value is -0.710. The van der Waals surface area contributed by atoms with E-state index in [-0.39, 0.29) is 24.2 Å². The summed E-state index contributed by atoms with van der Waals surface area (Å²) in [5.74, 6) is 1.49. The Kier molecular flexibility index (Phi) is 7.02. The Morgan fingerprint density at radius 3 is 2.58 bits per heavy atom. The first-order valence-corrected chi connectivity index (χ1v) is 9.97. The minimum atomic E-state index is 0. The average Bonchev–Trinajstić information content (AvgIpc) is 2.53. The summed E-state index contributed by atoms with van der Waals surface area (Å²) in [5, 5.41) is 3.17. The maximum Gasteiger partial charge on any atom is 0.223 e. The highest BCUT2D eigenvalue weighted by atomic mass is 35.5. The molecular formula is C19H29ClN2OS. The van der Waals surface area contributed by atoms with Gasteiger partial charge in [-0.1, -0.05) is 18.6 Å². The lowest BCUT2D eigenvalue weighted by Crippen LogP contribution is -2.49. The highest BCUT2D eigenvalue weighted by Crippen LogP contribution is 2.41. The van der Waals surface area contributed by atoms with Gasteiger partial charge in [-0.15, -0.1) is 24.2 Å². The van der Waals surface area contributed by atoms with Crippen molar-refractivity contribution in [2.45, 2.75) is 56.5 Å². The number of amides is 1. The van der Waals surface area contributed by atoms with E-state index >= 15 is 0 Å². The molecule has 0 spiro atoms. The van der Waals surface area contributed by atoms with Crippen LogP contribution < -0.4 is 11.1 Å². The number of benzene rings is 1. The van der Waals surface area contributed by atoms with E-state index in [0.717, 1.165) is 12.8 Å². The molecular weight excluding hydrogens is 340 g/mol. The van der Waals surface area contributed by atoms with Gasteiger partial charge >= 0.3 is 0 Å². The number of rotatable bonds is 4. The van der Waals surface area contributed by atoms with E-state index in [4.69, 9.17) is 5.73 Å². The summed E-state index contributed by atoms with van der Waals surface area (Å²) in [5.41, 5.74) is 8.80. The van der Waals surface area contributed by atoms with E-state index in [1.165, 1.54) is 35.3 Å². The van der Waals surface area contributed by atoms with Crippen LogP contribution in [0.25, 0.3) is 0 Å². The van der Waals surface area contributed by atoms with Crippen molar-refractivity contribution in [3.63, 3.8) is 0 Å². The van der Waals surface area contributed by atoms with Gasteiger partial charge in [-0.25, -0.2) is 0 Å². The van der Waals surface area contributed by atoms with Crippen molar-refractivity contribution >= 4 is 30.1 Å². The van der Waals surface area contributed by atoms with Crippen LogP contribution in [0, 0.1) is 24.7 Å². The standard InChI is InChI=1S/C19H28N2OS.ClH/c1-12-6-7-15(17(8-12)23-2)11-21-19(22)16-9-13-4-3-5-14(10-16)18(13)20;/h6-8,13-14,16,18H,3-5,9-11,20H2,1-2H3,(H,21,22);1H. The second kappa shape index (κ2) is 8.59. The zero-order valence-electron chi connectivity index (χ0n) is 14.6. The molecule has 3 nitrogen and oxygen atoms in total. The first kappa shape index (κ1) is 19.6. The largest absolute Gasteiger partial charge is 0.352 e. The van der Waals surface area contributed by atoms with Crippen molar-refractivity contribution in [1.29, 1.82) is 0 Å². The molecule has 1 aromatic rings. The number of thioether (sulfide) groups is 1. The van der Waals surface area contributed by atoms with Crippen molar-refractivity contribution in [3.8, 4) is 0 Å². The summed E-state index contributed by atoms with van der Waals surface area (Å²) in [6.07, 6.45) is 7.74. The number of nitrogens with two attached hydrogens (primary N) is 1. The molecule has 3 rings (SSSR count). The van der Waals surface area contributed by atoms with Crippen LogP contribution in [0.4, 0.5) is 0 Å². The van der Waals surface area contributed by atoms with Crippen molar-refractivity contribution in [2.24, 2.45) is 23.5 Å². The molecule has 2 bridgehead atoms. The van der Waals surface area contributed by atoms with Gasteiger partial charge in [0.2, 0.25) is 5.91 Å². The average molecular weight is 369 g/mol. The molecule has 0 aliphatic heterocycles. The number of hydrogen-bond donors (Lipinski definition) is 2. The van der Waals surface area contributed by atoms with E-state index in [1.54, 1.807) is 11.8 Å². The smallest absolute Gasteiger partial charge is 0.223 e. The third-order valence-electron chi connectivity index (χ3n) is 5.68. The van der Waals surface area contributed by atoms with Crippen LogP contribution in [0.5, 0.6) is 0 Å². The molecule has 2 unspecified atom stereocenters. The summed E-state index contributed by atoms with van der Waals surface area (Å²) in [6.45, 7) is 2.74. The lowest BCUT2D eigenvalue weighted by Gasteiger charge is -2.43. The summed E-state index contributed by atoms with van der Waals surface area (Å²) in [7, 11) is 0. The monoisotopic (exact) mass is 368 g/mol. The fraction of sp³-hybridized carbons (Fsp3) is 0.632. The first-order valence-electron chi connectivity index (χ1n) is 8.75. The number of halogens is 1. The zero-order chi connectivity index (χ0) is 16.4. The number of carbonyl (C=O) groups excluding carboxylic acids is 1. The second-order valence-corrected chi connectivity index (χ2v) is 8.08. The van der Waals surface area contributed by atoms with Gasteiger partial charge in [-0.05, 0) is 67.9 Å². The Bertz CT molecular complexity index is 566. The van der Waals surface area contributed by atoms with Crippen LogP contribution in [0.2, 0.25) is 0 Å². The Morgan fingerprint density at radius 1 is 1.29 bits per heavy atom. The SMILES string of the molecule is CSc1cc(C)ccc1CNC(=O)C1CC2CCCC(C1)C2N.Cl. The summed E-state index contributed by atoms with van der Waals surface area (Å²) >= 11 is 1.74. The van der Waals surface area contributed by atoms with Gasteiger partial charge in [0.05, 0.1) is 0 Å². The predicted molar refractivity (Wildman–Crippen MR) is 104 cm³/mol. The van der Waals surface area contributed by atoms with Gasteiger partial charge in [0.15, 0.2) is 0 Å². The number of carbonyl (C=O) groups is 1. The molecule has 2 fully saturated rings. The molecule has 5 heteroatoms. The van der Waals surface area contributed by atoms with Crippen LogP contribution in [0.1, 0.15) is 43.2 Å². The van der Waals surface area contributed by atoms with Crippen LogP contribution in [-0.2, 0) is 11.3 Å². The summed E-state index contributed by atoms with van der Waals surface area (Å²) in [6, 6.07) is 6.77.